The van der Waals surface area contributed by atoms with Gasteiger partial charge in [-0.1, -0.05) is 12.1 Å². The highest BCUT2D eigenvalue weighted by atomic mass is 16.3. The molecular formula is C32H41N9O2. The Kier molecular flexibility index (Phi) is 7.57. The van der Waals surface area contributed by atoms with Gasteiger partial charge in [-0.15, -0.1) is 6.58 Å². The molecule has 0 unspecified atom stereocenters. The number of nitrogens with zero attached hydrogens (tertiary/aromatic N) is 8. The zero-order valence-corrected chi connectivity index (χ0v) is 25.5. The third-order valence-corrected chi connectivity index (χ3v) is 8.96. The number of rotatable bonds is 7. The first-order chi connectivity index (χ1) is 20.6. The summed E-state index contributed by atoms with van der Waals surface area (Å²) in [6.45, 7) is 12.8. The summed E-state index contributed by atoms with van der Waals surface area (Å²) in [6.07, 6.45) is 5.57. The molecule has 0 radical (unpaired) electrons. The number of likely N-dealkylation sites (tertiary alicyclic amines) is 1. The van der Waals surface area contributed by atoms with E-state index >= 15 is 0 Å². The molecule has 6 rings (SSSR count). The van der Waals surface area contributed by atoms with Crippen LogP contribution in [0.4, 0.5) is 17.3 Å². The molecule has 2 N–H and O–H groups in total. The van der Waals surface area contributed by atoms with Crippen LogP contribution >= 0.6 is 0 Å². The number of likely N-dealkylation sites (N-methyl/N-ethyl adjacent to an activating group) is 1. The van der Waals surface area contributed by atoms with Crippen molar-refractivity contribution >= 4 is 28.4 Å². The molecule has 2 aliphatic heterocycles. The Morgan fingerprint density at radius 3 is 2.49 bits per heavy atom. The summed E-state index contributed by atoms with van der Waals surface area (Å²) < 4.78 is 3.19. The molecule has 226 valence electrons. The Morgan fingerprint density at radius 1 is 1.05 bits per heavy atom. The number of benzene rings is 1. The quantitative estimate of drug-likeness (QED) is 0.317. The van der Waals surface area contributed by atoms with Crippen molar-refractivity contribution in [1.29, 1.82) is 0 Å². The van der Waals surface area contributed by atoms with Crippen LogP contribution in [0, 0.1) is 0 Å². The molecular weight excluding hydrogens is 542 g/mol. The third kappa shape index (κ3) is 5.55. The van der Waals surface area contributed by atoms with E-state index in [9.17, 15) is 9.90 Å². The molecule has 2 fully saturated rings. The van der Waals surface area contributed by atoms with E-state index in [2.05, 4.69) is 62.8 Å². The monoisotopic (exact) mass is 583 g/mol. The maximum absolute atomic E-state index is 13.3. The second-order valence-corrected chi connectivity index (χ2v) is 12.4. The standard InChI is InChI=1S/C32H41N9O2/c1-6-16-40-29(42)25-21-33-30(36-28(25)41(40)27-9-7-8-26(35-27)31(2,3)43)34-23-10-12-24(13-11-23)39-20-19-38(5)32(22-39)14-17-37(4)18-15-32/h6-13,21,43H,1,14-20,22H2,2-5H3,(H,33,34,36). The summed E-state index contributed by atoms with van der Waals surface area (Å²) in [5.41, 5.74) is 1.81. The molecule has 0 bridgehead atoms. The molecule has 0 saturated carbocycles. The Morgan fingerprint density at radius 2 is 1.79 bits per heavy atom. The Labute approximate surface area is 252 Å². The maximum Gasteiger partial charge on any atom is 0.278 e. The van der Waals surface area contributed by atoms with Gasteiger partial charge < -0.3 is 20.2 Å². The molecule has 11 heteroatoms. The summed E-state index contributed by atoms with van der Waals surface area (Å²) in [7, 11) is 4.49. The fraction of sp³-hybridized carbons (Fsp3) is 0.438. The van der Waals surface area contributed by atoms with E-state index in [-0.39, 0.29) is 17.6 Å². The number of fused-ring (bicyclic) bond motifs is 1. The molecule has 2 saturated heterocycles. The Hall–Kier alpha value is -4.06. The van der Waals surface area contributed by atoms with Crippen LogP contribution in [0.5, 0.6) is 0 Å². The predicted molar refractivity (Wildman–Crippen MR) is 170 cm³/mol. The fourth-order valence-corrected chi connectivity index (χ4v) is 6.23. The maximum atomic E-state index is 13.3. The molecule has 11 nitrogen and oxygen atoms in total. The summed E-state index contributed by atoms with van der Waals surface area (Å²) >= 11 is 0. The van der Waals surface area contributed by atoms with Crippen molar-refractivity contribution in [3.63, 3.8) is 0 Å². The number of piperazine rings is 1. The minimum absolute atomic E-state index is 0.226. The Balaban J connectivity index is 1.27. The number of anilines is 3. The van der Waals surface area contributed by atoms with E-state index in [1.165, 1.54) is 23.2 Å². The number of pyridine rings is 1. The first-order valence-electron chi connectivity index (χ1n) is 14.9. The van der Waals surface area contributed by atoms with Gasteiger partial charge in [-0.2, -0.15) is 4.98 Å². The van der Waals surface area contributed by atoms with E-state index in [0.29, 0.717) is 28.5 Å². The summed E-state index contributed by atoms with van der Waals surface area (Å²) in [4.78, 5) is 34.7. The van der Waals surface area contributed by atoms with Crippen LogP contribution in [-0.4, -0.2) is 91.6 Å². The van der Waals surface area contributed by atoms with E-state index in [1.54, 1.807) is 49.0 Å². The molecule has 5 heterocycles. The predicted octanol–water partition coefficient (Wildman–Crippen LogP) is 3.35. The summed E-state index contributed by atoms with van der Waals surface area (Å²) in [5.74, 6) is 0.838. The number of hydrogen-bond donors (Lipinski definition) is 2. The largest absolute Gasteiger partial charge is 0.384 e. The van der Waals surface area contributed by atoms with Crippen molar-refractivity contribution in [2.75, 3.05) is 57.0 Å². The van der Waals surface area contributed by atoms with Gasteiger partial charge in [0, 0.05) is 42.7 Å². The number of piperidine rings is 1. The lowest BCUT2D eigenvalue weighted by atomic mass is 9.83. The van der Waals surface area contributed by atoms with Gasteiger partial charge >= 0.3 is 0 Å². The molecule has 0 amide bonds. The van der Waals surface area contributed by atoms with Crippen LogP contribution in [0.15, 0.2) is 66.1 Å². The van der Waals surface area contributed by atoms with E-state index in [0.717, 1.165) is 38.4 Å². The lowest BCUT2D eigenvalue weighted by Gasteiger charge is -2.53. The molecule has 1 aromatic carbocycles. The van der Waals surface area contributed by atoms with Gasteiger partial charge in [0.05, 0.1) is 12.2 Å². The molecule has 1 spiro atoms. The van der Waals surface area contributed by atoms with E-state index in [4.69, 9.17) is 4.98 Å². The van der Waals surface area contributed by atoms with Gasteiger partial charge in [-0.25, -0.2) is 19.3 Å². The lowest BCUT2D eigenvalue weighted by molar-refractivity contribution is 0.0385. The normalized spacial score (nSPS) is 17.9. The first-order valence-corrected chi connectivity index (χ1v) is 14.9. The smallest absolute Gasteiger partial charge is 0.278 e. The van der Waals surface area contributed by atoms with Gasteiger partial charge in [0.2, 0.25) is 5.95 Å². The SMILES string of the molecule is C=CCn1c(=O)c2cnc(Nc3ccc(N4CCN(C)C5(CCN(C)CC5)C4)cc3)nc2n1-c1cccc(C(C)(C)O)n1. The van der Waals surface area contributed by atoms with E-state index < -0.39 is 5.60 Å². The van der Waals surface area contributed by atoms with Crippen LogP contribution in [-0.2, 0) is 12.1 Å². The minimum Gasteiger partial charge on any atom is -0.384 e. The number of allylic oxidation sites excluding steroid dienone is 1. The third-order valence-electron chi connectivity index (χ3n) is 8.96. The van der Waals surface area contributed by atoms with Gasteiger partial charge in [0.1, 0.15) is 11.0 Å². The highest BCUT2D eigenvalue weighted by Gasteiger charge is 2.41. The van der Waals surface area contributed by atoms with Crippen molar-refractivity contribution in [2.24, 2.45) is 0 Å². The molecule has 2 aliphatic rings. The number of hydrogen-bond acceptors (Lipinski definition) is 9. The summed E-state index contributed by atoms with van der Waals surface area (Å²) in [6, 6.07) is 13.7. The average Bonchev–Trinajstić information content (AvgIpc) is 3.26. The highest BCUT2D eigenvalue weighted by molar-refractivity contribution is 5.77. The zero-order chi connectivity index (χ0) is 30.4. The summed E-state index contributed by atoms with van der Waals surface area (Å²) in [5, 5.41) is 14.2. The fourth-order valence-electron chi connectivity index (χ4n) is 6.23. The minimum atomic E-state index is -1.14. The molecule has 3 aromatic heterocycles. The van der Waals surface area contributed by atoms with Crippen molar-refractivity contribution in [2.45, 2.75) is 44.4 Å². The van der Waals surface area contributed by atoms with Gasteiger partial charge in [-0.05, 0) is 90.3 Å². The first kappa shape index (κ1) is 29.0. The highest BCUT2D eigenvalue weighted by Crippen LogP contribution is 2.34. The molecule has 4 aromatic rings. The number of aromatic nitrogens is 5. The van der Waals surface area contributed by atoms with Crippen molar-refractivity contribution in [3.8, 4) is 5.82 Å². The second-order valence-electron chi connectivity index (χ2n) is 12.4. The van der Waals surface area contributed by atoms with Crippen molar-refractivity contribution < 1.29 is 5.11 Å². The van der Waals surface area contributed by atoms with Gasteiger partial charge in [0.25, 0.3) is 5.56 Å². The average molecular weight is 584 g/mol. The second kappa shape index (κ2) is 11.2. The molecule has 0 atom stereocenters. The van der Waals surface area contributed by atoms with Crippen LogP contribution in [0.25, 0.3) is 16.9 Å². The topological polar surface area (TPSA) is 108 Å². The van der Waals surface area contributed by atoms with Crippen LogP contribution < -0.4 is 15.8 Å². The van der Waals surface area contributed by atoms with Crippen molar-refractivity contribution in [1.82, 2.24) is 34.1 Å². The van der Waals surface area contributed by atoms with E-state index in [1.807, 2.05) is 12.1 Å². The van der Waals surface area contributed by atoms with Gasteiger partial charge in [-0.3, -0.25) is 9.69 Å². The van der Waals surface area contributed by atoms with Crippen LogP contribution in [0.3, 0.4) is 0 Å². The number of nitrogens with one attached hydrogen (secondary N) is 1. The van der Waals surface area contributed by atoms with Crippen LogP contribution in [0.2, 0.25) is 0 Å². The van der Waals surface area contributed by atoms with Crippen molar-refractivity contribution in [3.05, 3.63) is 77.4 Å². The number of aliphatic hydroxyl groups is 1. The molecule has 43 heavy (non-hydrogen) atoms. The van der Waals surface area contributed by atoms with Gasteiger partial charge in [0.15, 0.2) is 11.5 Å². The lowest BCUT2D eigenvalue weighted by Crippen LogP contribution is -2.64. The van der Waals surface area contributed by atoms with Crippen LogP contribution in [0.1, 0.15) is 32.4 Å². The molecule has 0 aliphatic carbocycles. The zero-order valence-electron chi connectivity index (χ0n) is 25.5. The Bertz CT molecular complexity index is 1680.